The Balaban J connectivity index is 1.62. The van der Waals surface area contributed by atoms with Gasteiger partial charge in [-0.2, -0.15) is 0 Å². The first kappa shape index (κ1) is 22.3. The van der Waals surface area contributed by atoms with Crippen LogP contribution in [0.3, 0.4) is 0 Å². The van der Waals surface area contributed by atoms with Gasteiger partial charge in [-0.1, -0.05) is 55.3 Å². The van der Waals surface area contributed by atoms with Crippen LogP contribution in [0.25, 0.3) is 0 Å². The largest absolute Gasteiger partial charge is 0.357 e. The van der Waals surface area contributed by atoms with Crippen molar-refractivity contribution in [3.63, 3.8) is 0 Å². The minimum absolute atomic E-state index is 0.132. The number of guanidine groups is 1. The first-order chi connectivity index (χ1) is 14.4. The first-order valence-electron chi connectivity index (χ1n) is 10.6. The second-order valence-corrected chi connectivity index (χ2v) is 9.48. The summed E-state index contributed by atoms with van der Waals surface area (Å²) in [4.78, 5) is 5.06. The predicted octanol–water partition coefficient (Wildman–Crippen LogP) is 2.94. The van der Waals surface area contributed by atoms with Crippen molar-refractivity contribution in [3.8, 4) is 0 Å². The summed E-state index contributed by atoms with van der Waals surface area (Å²) in [5, 5.41) is 11.9. The van der Waals surface area contributed by atoms with Crippen molar-refractivity contribution in [2.45, 2.75) is 49.3 Å². The van der Waals surface area contributed by atoms with Gasteiger partial charge in [0.05, 0.1) is 11.4 Å². The predicted molar refractivity (Wildman–Crippen MR) is 122 cm³/mol. The highest BCUT2D eigenvalue weighted by molar-refractivity contribution is 7.89. The molecule has 7 heteroatoms. The number of sulfonamides is 1. The van der Waals surface area contributed by atoms with E-state index in [2.05, 4.69) is 47.9 Å². The molecule has 1 aliphatic rings. The number of benzene rings is 2. The molecule has 0 atom stereocenters. The standard InChI is InChI=1S/C23H32N4O2S/c1-2-25-22(26-17-14-19-10-12-21(13-11-19)30(24,28)29)27-18-23(15-6-7-16-23)20-8-4-3-5-9-20/h3-5,8-13H,2,6-7,14-18H2,1H3,(H2,24,28,29)(H2,25,26,27). The van der Waals surface area contributed by atoms with Crippen LogP contribution < -0.4 is 15.8 Å². The molecule has 0 unspecified atom stereocenters. The SMILES string of the molecule is CCNC(=NCC1(c2ccccc2)CCCC1)NCCc1ccc(S(N)(=O)=O)cc1. The van der Waals surface area contributed by atoms with Gasteiger partial charge in [0.25, 0.3) is 0 Å². The van der Waals surface area contributed by atoms with E-state index < -0.39 is 10.0 Å². The molecular formula is C23H32N4O2S. The molecular weight excluding hydrogens is 396 g/mol. The van der Waals surface area contributed by atoms with Crippen molar-refractivity contribution in [2.75, 3.05) is 19.6 Å². The zero-order valence-electron chi connectivity index (χ0n) is 17.6. The molecule has 4 N–H and O–H groups in total. The minimum Gasteiger partial charge on any atom is -0.357 e. The van der Waals surface area contributed by atoms with Crippen molar-refractivity contribution >= 4 is 16.0 Å². The highest BCUT2D eigenvalue weighted by atomic mass is 32.2. The van der Waals surface area contributed by atoms with Crippen LogP contribution in [0, 0.1) is 0 Å². The molecule has 30 heavy (non-hydrogen) atoms. The molecule has 6 nitrogen and oxygen atoms in total. The molecule has 2 aromatic carbocycles. The molecule has 0 heterocycles. The second kappa shape index (κ2) is 10.1. The third-order valence-corrected chi connectivity index (χ3v) is 6.72. The van der Waals surface area contributed by atoms with Gasteiger partial charge in [0.1, 0.15) is 0 Å². The number of rotatable bonds is 8. The molecule has 0 aromatic heterocycles. The molecule has 2 aromatic rings. The lowest BCUT2D eigenvalue weighted by molar-refractivity contribution is 0.452. The number of nitrogens with one attached hydrogen (secondary N) is 2. The fourth-order valence-electron chi connectivity index (χ4n) is 4.12. The Hall–Kier alpha value is -2.38. The summed E-state index contributed by atoms with van der Waals surface area (Å²) < 4.78 is 22.7. The lowest BCUT2D eigenvalue weighted by atomic mass is 9.79. The monoisotopic (exact) mass is 428 g/mol. The van der Waals surface area contributed by atoms with Crippen LogP contribution in [0.1, 0.15) is 43.7 Å². The minimum atomic E-state index is -3.65. The highest BCUT2D eigenvalue weighted by Crippen LogP contribution is 2.41. The van der Waals surface area contributed by atoms with E-state index in [9.17, 15) is 8.42 Å². The van der Waals surface area contributed by atoms with Gasteiger partial charge in [0.2, 0.25) is 10.0 Å². The zero-order chi connectivity index (χ0) is 21.5. The van der Waals surface area contributed by atoms with Crippen molar-refractivity contribution in [1.82, 2.24) is 10.6 Å². The molecule has 0 aliphatic heterocycles. The number of aliphatic imine (C=N–C) groups is 1. The van der Waals surface area contributed by atoms with Crippen molar-refractivity contribution in [3.05, 3.63) is 65.7 Å². The maximum absolute atomic E-state index is 11.4. The molecule has 3 rings (SSSR count). The number of nitrogens with two attached hydrogens (primary N) is 1. The van der Waals surface area contributed by atoms with Crippen LogP contribution in [0.5, 0.6) is 0 Å². The van der Waals surface area contributed by atoms with Crippen LogP contribution in [0.2, 0.25) is 0 Å². The molecule has 0 spiro atoms. The van der Waals surface area contributed by atoms with Crippen molar-refractivity contribution < 1.29 is 8.42 Å². The second-order valence-electron chi connectivity index (χ2n) is 7.91. The smallest absolute Gasteiger partial charge is 0.238 e. The Morgan fingerprint density at radius 2 is 1.70 bits per heavy atom. The van der Waals surface area contributed by atoms with E-state index in [4.69, 9.17) is 10.1 Å². The summed E-state index contributed by atoms with van der Waals surface area (Å²) in [5.41, 5.74) is 2.56. The number of nitrogens with zero attached hydrogens (tertiary/aromatic N) is 1. The lowest BCUT2D eigenvalue weighted by Gasteiger charge is -2.28. The molecule has 0 saturated heterocycles. The third-order valence-electron chi connectivity index (χ3n) is 5.79. The summed E-state index contributed by atoms with van der Waals surface area (Å²) in [6.07, 6.45) is 5.62. The zero-order valence-corrected chi connectivity index (χ0v) is 18.4. The summed E-state index contributed by atoms with van der Waals surface area (Å²) in [5.74, 6) is 0.820. The van der Waals surface area contributed by atoms with Crippen molar-refractivity contribution in [1.29, 1.82) is 0 Å². The number of primary sulfonamides is 1. The van der Waals surface area contributed by atoms with Crippen molar-refractivity contribution in [2.24, 2.45) is 10.1 Å². The molecule has 162 valence electrons. The molecule has 0 radical (unpaired) electrons. The highest BCUT2D eigenvalue weighted by Gasteiger charge is 2.35. The van der Waals surface area contributed by atoms with Gasteiger partial charge in [-0.25, -0.2) is 13.6 Å². The van der Waals surface area contributed by atoms with E-state index in [1.54, 1.807) is 24.3 Å². The Morgan fingerprint density at radius 1 is 1.03 bits per heavy atom. The van der Waals surface area contributed by atoms with Gasteiger partial charge in [-0.05, 0) is 49.4 Å². The first-order valence-corrected chi connectivity index (χ1v) is 12.2. The quantitative estimate of drug-likeness (QED) is 0.445. The van der Waals surface area contributed by atoms with E-state index in [1.165, 1.54) is 31.2 Å². The molecule has 0 bridgehead atoms. The molecule has 1 fully saturated rings. The fraction of sp³-hybridized carbons (Fsp3) is 0.435. The maximum Gasteiger partial charge on any atom is 0.238 e. The van der Waals surface area contributed by atoms with Gasteiger partial charge in [-0.15, -0.1) is 0 Å². The Morgan fingerprint density at radius 3 is 2.30 bits per heavy atom. The maximum atomic E-state index is 11.4. The van der Waals surface area contributed by atoms with Gasteiger partial charge in [0, 0.05) is 18.5 Å². The topological polar surface area (TPSA) is 96.6 Å². The average Bonchev–Trinajstić information content (AvgIpc) is 3.23. The van der Waals surface area contributed by atoms with E-state index in [0.29, 0.717) is 6.54 Å². The van der Waals surface area contributed by atoms with Gasteiger partial charge in [-0.3, -0.25) is 4.99 Å². The average molecular weight is 429 g/mol. The third kappa shape index (κ3) is 5.83. The van der Waals surface area contributed by atoms with Gasteiger partial charge in [0.15, 0.2) is 5.96 Å². The van der Waals surface area contributed by atoms with Gasteiger partial charge < -0.3 is 10.6 Å². The fourth-order valence-corrected chi connectivity index (χ4v) is 4.64. The van der Waals surface area contributed by atoms with Crippen LogP contribution >= 0.6 is 0 Å². The Kier molecular flexibility index (Phi) is 7.50. The summed E-state index contributed by atoms with van der Waals surface area (Å²) >= 11 is 0. The van der Waals surface area contributed by atoms with Crippen LogP contribution in [0.4, 0.5) is 0 Å². The summed E-state index contributed by atoms with van der Waals surface area (Å²) in [6, 6.07) is 17.5. The summed E-state index contributed by atoms with van der Waals surface area (Å²) in [6.45, 7) is 4.34. The van der Waals surface area contributed by atoms with E-state index in [0.717, 1.165) is 31.0 Å². The van der Waals surface area contributed by atoms with E-state index in [1.807, 2.05) is 0 Å². The summed E-state index contributed by atoms with van der Waals surface area (Å²) in [7, 11) is -3.65. The molecule has 1 saturated carbocycles. The number of hydrogen-bond acceptors (Lipinski definition) is 3. The van der Waals surface area contributed by atoms with Crippen LogP contribution in [-0.4, -0.2) is 34.0 Å². The van der Waals surface area contributed by atoms with E-state index >= 15 is 0 Å². The normalized spacial score (nSPS) is 16.4. The molecule has 0 amide bonds. The Labute approximate surface area is 180 Å². The number of hydrogen-bond donors (Lipinski definition) is 3. The lowest BCUT2D eigenvalue weighted by Crippen LogP contribution is -2.39. The van der Waals surface area contributed by atoms with Crippen LogP contribution in [0.15, 0.2) is 64.5 Å². The molecule has 1 aliphatic carbocycles. The Bertz CT molecular complexity index is 935. The van der Waals surface area contributed by atoms with E-state index in [-0.39, 0.29) is 10.3 Å². The van der Waals surface area contributed by atoms with Gasteiger partial charge >= 0.3 is 0 Å². The van der Waals surface area contributed by atoms with Crippen LogP contribution in [-0.2, 0) is 21.9 Å².